The molecule has 0 unspecified atom stereocenters. The molecule has 0 saturated carbocycles. The van der Waals surface area contributed by atoms with E-state index in [2.05, 4.69) is 10.5 Å². The van der Waals surface area contributed by atoms with Gasteiger partial charge in [-0.1, -0.05) is 112 Å². The number of hydrogen-bond donors (Lipinski definition) is 6. The van der Waals surface area contributed by atoms with Crippen molar-refractivity contribution in [2.45, 2.75) is 91.7 Å². The smallest absolute Gasteiger partial charge is 0.312 e. The molecule has 0 spiro atoms. The van der Waals surface area contributed by atoms with Gasteiger partial charge in [-0.2, -0.15) is 0 Å². The lowest BCUT2D eigenvalue weighted by Gasteiger charge is -2.38. The van der Waals surface area contributed by atoms with Crippen LogP contribution < -0.4 is 10.1 Å². The maximum atomic E-state index is 14.6. The maximum Gasteiger partial charge on any atom is 0.312 e. The molecule has 4 aromatic rings. The van der Waals surface area contributed by atoms with Crippen LogP contribution in [0.2, 0.25) is 0 Å². The first-order chi connectivity index (χ1) is 31.3. The number of nitrogens with zero attached hydrogens (tertiary/aromatic N) is 1. The Labute approximate surface area is 383 Å². The number of methoxy groups -OCH3 is 1. The Morgan fingerprint density at radius 3 is 2.06 bits per heavy atom. The highest BCUT2D eigenvalue weighted by atomic mass is 16.7. The van der Waals surface area contributed by atoms with Crippen molar-refractivity contribution in [3.05, 3.63) is 125 Å². The van der Waals surface area contributed by atoms with Gasteiger partial charge < -0.3 is 54.6 Å². The summed E-state index contributed by atoms with van der Waals surface area (Å²) in [5.74, 6) is -8.88. The maximum absolute atomic E-state index is 14.6. The standard InChI is InChI=1S/C51H58N2O13/c1-26-17-16-18-27(2)50(61)53-40-35(25-52-66-48(33-19-12-10-13-20-33)34-21-14-11-15-22-34)44(58)37-38(45(40)59)43(57)31(6)47-39(37)49(60)51(8,65-47)63-24-23-36(62-9)28(3)46(64-32(7)54)30(5)42(56)29(4)41(26)55/h10-26,28-30,36,41-42,46,48,55-59H,1-9H3,(H,53,61)/b17-16-,24-23-,27-18-,52-25+/t26-,28+,29+,30+,36-,41-,42+,46+,51-/m0/s1. The molecule has 5 bridgehead atoms. The summed E-state index contributed by atoms with van der Waals surface area (Å²) >= 11 is 0. The number of amides is 1. The van der Waals surface area contributed by atoms with Gasteiger partial charge in [0.2, 0.25) is 0 Å². The van der Waals surface area contributed by atoms with Gasteiger partial charge in [0.25, 0.3) is 11.7 Å². The van der Waals surface area contributed by atoms with Gasteiger partial charge >= 0.3 is 11.8 Å². The highest BCUT2D eigenvalue weighted by Crippen LogP contribution is 2.55. The first kappa shape index (κ1) is 48.8. The molecule has 66 heavy (non-hydrogen) atoms. The van der Waals surface area contributed by atoms with Crippen LogP contribution in [-0.2, 0) is 28.6 Å². The Bertz CT molecular complexity index is 2530. The summed E-state index contributed by atoms with van der Waals surface area (Å²) in [6, 6.07) is 18.5. The van der Waals surface area contributed by atoms with Crippen molar-refractivity contribution >= 4 is 40.3 Å². The minimum atomic E-state index is -2.10. The van der Waals surface area contributed by atoms with Crippen LogP contribution in [0, 0.1) is 30.6 Å². The number of phenolic OH excluding ortho intramolecular Hbond substituents is 3. The van der Waals surface area contributed by atoms with Crippen LogP contribution in [-0.4, -0.2) is 86.7 Å². The van der Waals surface area contributed by atoms with E-state index in [-0.39, 0.29) is 44.5 Å². The molecule has 350 valence electrons. The summed E-state index contributed by atoms with van der Waals surface area (Å²) in [5, 5.41) is 65.3. The molecular weight excluding hydrogens is 849 g/mol. The molecule has 7 rings (SSSR count). The SMILES string of the molecule is CO[C@H]1/C=C\O[C@@]2(C)Oc3c(C)c(O)c4c(O)c(c(/C=N/OC(c5ccccc5)c5ccccc5)c(O)c4c3C2=O)NC(=O)/C(C)=C\C=C/[C@H](C)[C@H](O)[C@@H](C)[C@@H](O)[C@@H](C)[C@H](OC(C)=O)[C@@H]1C. The van der Waals surface area contributed by atoms with E-state index in [0.717, 1.165) is 17.3 Å². The number of carbonyl (C=O) groups is 3. The van der Waals surface area contributed by atoms with Crippen LogP contribution in [0.1, 0.15) is 87.2 Å². The van der Waals surface area contributed by atoms with Gasteiger partial charge in [-0.3, -0.25) is 14.4 Å². The lowest BCUT2D eigenvalue weighted by molar-refractivity contribution is -0.160. The van der Waals surface area contributed by atoms with Crippen LogP contribution >= 0.6 is 0 Å². The Morgan fingerprint density at radius 1 is 0.848 bits per heavy atom. The average molecular weight is 907 g/mol. The molecule has 4 aromatic carbocycles. The van der Waals surface area contributed by atoms with Crippen molar-refractivity contribution in [2.75, 3.05) is 12.4 Å². The summed E-state index contributed by atoms with van der Waals surface area (Å²) in [6.45, 7) is 12.4. The number of benzene rings is 4. The number of Topliss-reactive ketones (excluding diaryl/α,β-unsaturated/α-hetero) is 1. The zero-order valence-corrected chi connectivity index (χ0v) is 38.4. The minimum absolute atomic E-state index is 0.0184. The Balaban J connectivity index is 1.53. The first-order valence-electron chi connectivity index (χ1n) is 21.7. The molecule has 3 aliphatic rings. The van der Waals surface area contributed by atoms with Gasteiger partial charge in [-0.05, 0) is 31.1 Å². The number of esters is 1. The van der Waals surface area contributed by atoms with Crippen LogP contribution in [0.25, 0.3) is 10.8 Å². The molecule has 0 saturated heterocycles. The second-order valence-electron chi connectivity index (χ2n) is 17.2. The minimum Gasteiger partial charge on any atom is -0.507 e. The van der Waals surface area contributed by atoms with Gasteiger partial charge in [0, 0.05) is 61.2 Å². The van der Waals surface area contributed by atoms with Gasteiger partial charge in [0.05, 0.1) is 53.0 Å². The van der Waals surface area contributed by atoms with E-state index in [1.807, 2.05) is 60.7 Å². The van der Waals surface area contributed by atoms with Crippen molar-refractivity contribution in [3.63, 3.8) is 0 Å². The molecule has 6 N–H and O–H groups in total. The number of aliphatic hydroxyl groups is 2. The van der Waals surface area contributed by atoms with Crippen molar-refractivity contribution in [3.8, 4) is 23.0 Å². The number of fused-ring (bicyclic) bond motifs is 14. The third kappa shape index (κ3) is 9.64. The third-order valence-corrected chi connectivity index (χ3v) is 12.6. The summed E-state index contributed by atoms with van der Waals surface area (Å²) < 4.78 is 23.7. The molecule has 0 fully saturated rings. The second kappa shape index (κ2) is 20.2. The third-order valence-electron chi connectivity index (χ3n) is 12.6. The fourth-order valence-corrected chi connectivity index (χ4v) is 8.59. The molecule has 9 atom stereocenters. The van der Waals surface area contributed by atoms with E-state index in [1.165, 1.54) is 53.2 Å². The predicted octanol–water partition coefficient (Wildman–Crippen LogP) is 7.89. The molecule has 15 heteroatoms. The lowest BCUT2D eigenvalue weighted by Crippen LogP contribution is -2.46. The molecule has 0 aliphatic carbocycles. The van der Waals surface area contributed by atoms with Gasteiger partial charge in [-0.25, -0.2) is 0 Å². The van der Waals surface area contributed by atoms with Gasteiger partial charge in [0.1, 0.15) is 23.4 Å². The molecule has 3 heterocycles. The van der Waals surface area contributed by atoms with E-state index in [1.54, 1.807) is 39.8 Å². The molecule has 1 amide bonds. The zero-order valence-electron chi connectivity index (χ0n) is 38.4. The number of rotatable bonds is 7. The topological polar surface area (TPSA) is 223 Å². The number of ether oxygens (including phenoxy) is 4. The fraction of sp³-hybridized carbons (Fsp3) is 0.373. The van der Waals surface area contributed by atoms with Gasteiger partial charge in [0.15, 0.2) is 11.9 Å². The zero-order chi connectivity index (χ0) is 48.2. The quantitative estimate of drug-likeness (QED) is 0.0342. The monoisotopic (exact) mass is 906 g/mol. The number of aliphatic hydroxyl groups excluding tert-OH is 2. The average Bonchev–Trinajstić information content (AvgIpc) is 3.57. The Hall–Kier alpha value is -6.68. The number of carbonyl (C=O) groups excluding carboxylic acids is 3. The van der Waals surface area contributed by atoms with E-state index < -0.39 is 94.9 Å². The summed E-state index contributed by atoms with van der Waals surface area (Å²) in [4.78, 5) is 47.0. The van der Waals surface area contributed by atoms with Crippen LogP contribution in [0.3, 0.4) is 0 Å². The molecule has 3 aliphatic heterocycles. The fourth-order valence-electron chi connectivity index (χ4n) is 8.59. The number of aromatic hydroxyl groups is 3. The lowest BCUT2D eigenvalue weighted by atomic mass is 9.78. The van der Waals surface area contributed by atoms with Crippen molar-refractivity contribution in [2.24, 2.45) is 28.8 Å². The largest absolute Gasteiger partial charge is 0.507 e. The molecule has 0 aromatic heterocycles. The van der Waals surface area contributed by atoms with E-state index >= 15 is 0 Å². The van der Waals surface area contributed by atoms with Crippen molar-refractivity contribution < 1.29 is 63.7 Å². The number of oxime groups is 1. The predicted molar refractivity (Wildman–Crippen MR) is 247 cm³/mol. The van der Waals surface area contributed by atoms with Crippen molar-refractivity contribution in [1.29, 1.82) is 0 Å². The van der Waals surface area contributed by atoms with E-state index in [0.29, 0.717) is 0 Å². The number of phenols is 3. The van der Waals surface area contributed by atoms with E-state index in [4.69, 9.17) is 23.8 Å². The van der Waals surface area contributed by atoms with Crippen LogP contribution in [0.15, 0.2) is 102 Å². The van der Waals surface area contributed by atoms with Gasteiger partial charge in [-0.15, -0.1) is 0 Å². The second-order valence-corrected chi connectivity index (χ2v) is 17.2. The van der Waals surface area contributed by atoms with Crippen LogP contribution in [0.4, 0.5) is 5.69 Å². The number of anilines is 1. The summed E-state index contributed by atoms with van der Waals surface area (Å²) in [6.07, 6.45) is 3.74. The highest BCUT2D eigenvalue weighted by Gasteiger charge is 2.50. The normalized spacial score (nSPS) is 28.1. The van der Waals surface area contributed by atoms with Crippen molar-refractivity contribution in [1.82, 2.24) is 0 Å². The highest BCUT2D eigenvalue weighted by molar-refractivity contribution is 6.23. The van der Waals surface area contributed by atoms with Crippen LogP contribution in [0.5, 0.6) is 23.0 Å². The Kier molecular flexibility index (Phi) is 14.9. The van der Waals surface area contributed by atoms with E-state index in [9.17, 15) is 39.9 Å². The molecular formula is C51H58N2O13. The molecule has 0 radical (unpaired) electrons. The number of allylic oxidation sites excluding steroid dienone is 2. The summed E-state index contributed by atoms with van der Waals surface area (Å²) in [7, 11) is 1.43. The first-order valence-corrected chi connectivity index (χ1v) is 21.7. The number of hydrogen-bond acceptors (Lipinski definition) is 14. The molecule has 15 nitrogen and oxygen atoms in total. The summed E-state index contributed by atoms with van der Waals surface area (Å²) in [5.41, 5.74) is 0.756. The number of nitrogens with one attached hydrogen (secondary N) is 1. The Morgan fingerprint density at radius 2 is 1.47 bits per heavy atom. The number of ketones is 1.